The van der Waals surface area contributed by atoms with Gasteiger partial charge in [0.2, 0.25) is 5.91 Å². The second-order valence-corrected chi connectivity index (χ2v) is 3.06. The molecule has 0 unspecified atom stereocenters. The van der Waals surface area contributed by atoms with E-state index >= 15 is 0 Å². The van der Waals surface area contributed by atoms with Crippen LogP contribution in [0.3, 0.4) is 0 Å². The van der Waals surface area contributed by atoms with Crippen LogP contribution in [0, 0.1) is 0 Å². The summed E-state index contributed by atoms with van der Waals surface area (Å²) in [5, 5.41) is 2.91. The maximum absolute atomic E-state index is 10.9. The van der Waals surface area contributed by atoms with Gasteiger partial charge in [0, 0.05) is 13.5 Å². The zero-order valence-electron chi connectivity index (χ0n) is 9.24. The summed E-state index contributed by atoms with van der Waals surface area (Å²) in [6.07, 6.45) is 3.73. The monoisotopic (exact) mass is 185 g/mol. The predicted molar refractivity (Wildman–Crippen MR) is 58.4 cm³/mol. The van der Waals surface area contributed by atoms with Crippen LogP contribution in [0.5, 0.6) is 0 Å². The Morgan fingerprint density at radius 2 is 2.00 bits per heavy atom. The molecule has 2 heteroatoms. The minimum absolute atomic E-state index is 0. The van der Waals surface area contributed by atoms with Gasteiger partial charge in [-0.1, -0.05) is 32.8 Å². The molecule has 1 aliphatic rings. The molecular weight excluding hydrogens is 162 g/mol. The molecule has 1 amide bonds. The molecule has 0 atom stereocenters. The van der Waals surface area contributed by atoms with Gasteiger partial charge in [0.25, 0.3) is 0 Å². The maximum Gasteiger partial charge on any atom is 0.224 e. The molecule has 0 spiro atoms. The molecule has 0 aromatic carbocycles. The van der Waals surface area contributed by atoms with Crippen LogP contribution < -0.4 is 5.32 Å². The third-order valence-corrected chi connectivity index (χ3v) is 2.03. The molecule has 2 nitrogen and oxygen atoms in total. The van der Waals surface area contributed by atoms with Crippen LogP contribution in [0.1, 0.15) is 54.8 Å². The molecule has 1 N–H and O–H groups in total. The van der Waals surface area contributed by atoms with E-state index in [9.17, 15) is 4.79 Å². The lowest BCUT2D eigenvalue weighted by Gasteiger charge is -2.17. The Hall–Kier alpha value is -0.790. The molecule has 0 fully saturated rings. The smallest absolute Gasteiger partial charge is 0.224 e. The van der Waals surface area contributed by atoms with Crippen molar-refractivity contribution in [1.82, 2.24) is 5.32 Å². The summed E-state index contributed by atoms with van der Waals surface area (Å²) in [6, 6.07) is 0. The molecule has 0 saturated heterocycles. The van der Waals surface area contributed by atoms with Gasteiger partial charge >= 0.3 is 0 Å². The lowest BCUT2D eigenvalue weighted by molar-refractivity contribution is -0.120. The fourth-order valence-corrected chi connectivity index (χ4v) is 1.32. The quantitative estimate of drug-likeness (QED) is 0.703. The van der Waals surface area contributed by atoms with Gasteiger partial charge < -0.3 is 5.32 Å². The number of allylic oxidation sites excluding steroid dienone is 2. The fraction of sp³-hybridized carbons (Fsp3) is 0.727. The van der Waals surface area contributed by atoms with Gasteiger partial charge in [-0.3, -0.25) is 4.79 Å². The molecule has 78 valence electrons. The third-order valence-electron chi connectivity index (χ3n) is 2.03. The minimum atomic E-state index is 0. The van der Waals surface area contributed by atoms with Crippen LogP contribution in [0.4, 0.5) is 0 Å². The van der Waals surface area contributed by atoms with E-state index in [0.29, 0.717) is 6.42 Å². The van der Waals surface area contributed by atoms with Crippen molar-refractivity contribution < 1.29 is 6.22 Å². The normalized spacial score (nSPS) is 16.2. The van der Waals surface area contributed by atoms with Crippen molar-refractivity contribution in [3.63, 3.8) is 0 Å². The van der Waals surface area contributed by atoms with E-state index in [1.54, 1.807) is 0 Å². The molecule has 0 aromatic rings. The van der Waals surface area contributed by atoms with E-state index < -0.39 is 0 Å². The summed E-state index contributed by atoms with van der Waals surface area (Å²) >= 11 is 0. The van der Waals surface area contributed by atoms with Crippen LogP contribution in [0.25, 0.3) is 0 Å². The molecule has 0 saturated carbocycles. The zero-order valence-corrected chi connectivity index (χ0v) is 9.24. The molecule has 13 heavy (non-hydrogen) atoms. The Bertz CT molecular complexity index is 199. The van der Waals surface area contributed by atoms with Gasteiger partial charge in [-0.15, -0.1) is 0 Å². The first-order valence-electron chi connectivity index (χ1n) is 5.22. The first-order chi connectivity index (χ1) is 6.24. The van der Waals surface area contributed by atoms with E-state index in [2.05, 4.69) is 19.2 Å². The van der Waals surface area contributed by atoms with Crippen LogP contribution in [0.2, 0.25) is 0 Å². The molecule has 1 rings (SSSR count). The summed E-state index contributed by atoms with van der Waals surface area (Å²) in [5.74, 6) is 0.180. The highest BCUT2D eigenvalue weighted by Crippen LogP contribution is 2.17. The number of carbonyl (C=O) groups excluding carboxylic acids is 1. The zero-order chi connectivity index (χ0) is 10.3. The molecule has 0 aliphatic carbocycles. The Morgan fingerprint density at radius 1 is 1.38 bits per heavy atom. The summed E-state index contributed by atoms with van der Waals surface area (Å²) in [4.78, 5) is 10.9. The highest BCUT2D eigenvalue weighted by atomic mass is 16.1. The Morgan fingerprint density at radius 3 is 2.54 bits per heavy atom. The molecule has 0 bridgehead atoms. The first-order valence-corrected chi connectivity index (χ1v) is 5.22. The number of nitrogens with one attached hydrogen (secondary N) is 1. The molecule has 1 heterocycles. The number of amides is 1. The molecule has 1 aliphatic heterocycles. The summed E-state index contributed by atoms with van der Waals surface area (Å²) < 4.78 is 0. The van der Waals surface area contributed by atoms with E-state index in [1.807, 2.05) is 13.8 Å². The van der Waals surface area contributed by atoms with E-state index in [4.69, 9.17) is 0 Å². The van der Waals surface area contributed by atoms with E-state index in [1.165, 1.54) is 5.57 Å². The van der Waals surface area contributed by atoms with Crippen LogP contribution in [0.15, 0.2) is 11.3 Å². The summed E-state index contributed by atoms with van der Waals surface area (Å²) in [6.45, 7) is 8.23. The topological polar surface area (TPSA) is 29.1 Å². The van der Waals surface area contributed by atoms with Crippen LogP contribution >= 0.6 is 0 Å². The van der Waals surface area contributed by atoms with Crippen molar-refractivity contribution in [3.05, 3.63) is 11.3 Å². The predicted octanol–water partition coefficient (Wildman–Crippen LogP) is 3.24. The number of carbonyl (C=O) groups is 1. The first kappa shape index (κ1) is 12.2. The number of rotatable bonds is 2. The lowest BCUT2D eigenvalue weighted by atomic mass is 10.0. The Labute approximate surface area is 82.9 Å². The molecule has 0 aromatic heterocycles. The van der Waals surface area contributed by atoms with Gasteiger partial charge in [-0.05, 0) is 19.8 Å². The lowest BCUT2D eigenvalue weighted by Crippen LogP contribution is -2.27. The van der Waals surface area contributed by atoms with Gasteiger partial charge in [0.1, 0.15) is 0 Å². The highest BCUT2D eigenvalue weighted by Gasteiger charge is 2.13. The minimum Gasteiger partial charge on any atom is -0.330 e. The highest BCUT2D eigenvalue weighted by molar-refractivity contribution is 5.79. The second-order valence-electron chi connectivity index (χ2n) is 3.06. The number of hydrogen-bond acceptors (Lipinski definition) is 1. The van der Waals surface area contributed by atoms with E-state index in [0.717, 1.165) is 25.0 Å². The summed E-state index contributed by atoms with van der Waals surface area (Å²) in [5.41, 5.74) is 2.51. The van der Waals surface area contributed by atoms with Crippen LogP contribution in [-0.2, 0) is 4.79 Å². The number of hydrogen-bond donors (Lipinski definition) is 1. The van der Waals surface area contributed by atoms with Crippen LogP contribution in [-0.4, -0.2) is 5.91 Å². The van der Waals surface area contributed by atoms with Crippen molar-refractivity contribution >= 4 is 5.91 Å². The maximum atomic E-state index is 10.9. The van der Waals surface area contributed by atoms with Crippen molar-refractivity contribution in [1.29, 1.82) is 0 Å². The Balaban J connectivity index is 0. The Kier molecular flexibility index (Phi) is 6.29. The average molecular weight is 185 g/mol. The van der Waals surface area contributed by atoms with Gasteiger partial charge in [-0.25, -0.2) is 0 Å². The average Bonchev–Trinajstić information content (AvgIpc) is 2.15. The molecular formula is C11H23NO. The van der Waals surface area contributed by atoms with Crippen molar-refractivity contribution in [2.45, 2.75) is 53.4 Å². The third kappa shape index (κ3) is 4.11. The fourth-order valence-electron chi connectivity index (χ4n) is 1.32. The summed E-state index contributed by atoms with van der Waals surface area (Å²) in [7, 11) is 0. The van der Waals surface area contributed by atoms with Crippen molar-refractivity contribution in [2.24, 2.45) is 0 Å². The largest absolute Gasteiger partial charge is 0.330 e. The van der Waals surface area contributed by atoms with Crippen molar-refractivity contribution in [3.8, 4) is 0 Å². The second kappa shape index (κ2) is 6.70. The SMILES string of the molecule is CC.CCCC1=C(C)CCC(=O)N1.[HH]. The van der Waals surface area contributed by atoms with Crippen molar-refractivity contribution in [2.75, 3.05) is 0 Å². The molecule has 0 radical (unpaired) electrons. The van der Waals surface area contributed by atoms with Gasteiger partial charge in [0.05, 0.1) is 0 Å². The standard InChI is InChI=1S/C9H15NO.C2H6.H2/c1-3-4-8-7(2)5-6-9(11)10-8;1-2;/h3-6H2,1-2H3,(H,10,11);1-2H3;1H. The van der Waals surface area contributed by atoms with E-state index in [-0.39, 0.29) is 7.33 Å². The van der Waals surface area contributed by atoms with Gasteiger partial charge in [-0.2, -0.15) is 0 Å². The van der Waals surface area contributed by atoms with Gasteiger partial charge in [0.15, 0.2) is 0 Å².